The van der Waals surface area contributed by atoms with Crippen molar-refractivity contribution in [2.75, 3.05) is 19.7 Å². The lowest BCUT2D eigenvalue weighted by Crippen LogP contribution is -2.49. The van der Waals surface area contributed by atoms with Crippen LogP contribution in [0.2, 0.25) is 0 Å². The van der Waals surface area contributed by atoms with Crippen molar-refractivity contribution in [3.63, 3.8) is 0 Å². The van der Waals surface area contributed by atoms with Gasteiger partial charge < -0.3 is 10.1 Å². The highest BCUT2D eigenvalue weighted by molar-refractivity contribution is 5.81. The molecule has 1 fully saturated rings. The van der Waals surface area contributed by atoms with Gasteiger partial charge in [0.2, 0.25) is 5.91 Å². The molecule has 1 unspecified atom stereocenters. The second-order valence-corrected chi connectivity index (χ2v) is 6.05. The van der Waals surface area contributed by atoms with Crippen LogP contribution < -0.4 is 5.32 Å². The second-order valence-electron chi connectivity index (χ2n) is 6.05. The lowest BCUT2D eigenvalue weighted by atomic mass is 9.96. The normalized spacial score (nSPS) is 17.3. The monoisotopic (exact) mass is 336 g/mol. The summed E-state index contributed by atoms with van der Waals surface area (Å²) < 4.78 is 18.6. The first-order valence-corrected chi connectivity index (χ1v) is 8.44. The number of piperidine rings is 1. The molecule has 1 saturated heterocycles. The van der Waals surface area contributed by atoms with Gasteiger partial charge in [0, 0.05) is 12.1 Å². The fourth-order valence-corrected chi connectivity index (χ4v) is 2.92. The van der Waals surface area contributed by atoms with Crippen molar-refractivity contribution in [2.45, 2.75) is 39.3 Å². The zero-order chi connectivity index (χ0) is 17.5. The van der Waals surface area contributed by atoms with E-state index in [1.807, 2.05) is 11.8 Å². The molecule has 1 atom stereocenters. The first-order valence-electron chi connectivity index (χ1n) is 8.44. The van der Waals surface area contributed by atoms with Crippen molar-refractivity contribution in [3.8, 4) is 0 Å². The van der Waals surface area contributed by atoms with E-state index in [9.17, 15) is 14.0 Å². The topological polar surface area (TPSA) is 58.6 Å². The summed E-state index contributed by atoms with van der Waals surface area (Å²) >= 11 is 0. The summed E-state index contributed by atoms with van der Waals surface area (Å²) in [4.78, 5) is 26.1. The van der Waals surface area contributed by atoms with E-state index in [1.165, 1.54) is 6.07 Å². The van der Waals surface area contributed by atoms with Gasteiger partial charge in [-0.1, -0.05) is 18.2 Å². The summed E-state index contributed by atoms with van der Waals surface area (Å²) in [6, 6.07) is 6.10. The molecule has 24 heavy (non-hydrogen) atoms. The molecule has 0 spiro atoms. The van der Waals surface area contributed by atoms with Crippen LogP contribution in [0, 0.1) is 11.7 Å². The van der Waals surface area contributed by atoms with Crippen LogP contribution in [0.5, 0.6) is 0 Å². The Kier molecular flexibility index (Phi) is 6.73. The zero-order valence-electron chi connectivity index (χ0n) is 14.3. The molecule has 1 aliphatic heterocycles. The number of hydrogen-bond donors (Lipinski definition) is 1. The molecule has 1 N–H and O–H groups in total. The fraction of sp³-hybridized carbons (Fsp3) is 0.556. The number of esters is 1. The van der Waals surface area contributed by atoms with E-state index in [1.54, 1.807) is 25.1 Å². The number of carbonyl (C=O) groups excluding carboxylic acids is 2. The Morgan fingerprint density at radius 3 is 2.62 bits per heavy atom. The van der Waals surface area contributed by atoms with Gasteiger partial charge in [0.25, 0.3) is 0 Å². The SMILES string of the molecule is CCOC(=O)C1CCN(C(C)C(=O)NCc2ccccc2F)CC1. The van der Waals surface area contributed by atoms with Gasteiger partial charge in [-0.2, -0.15) is 0 Å². The van der Waals surface area contributed by atoms with E-state index in [4.69, 9.17) is 4.74 Å². The molecule has 5 nitrogen and oxygen atoms in total. The number of ether oxygens (including phenoxy) is 1. The number of nitrogens with one attached hydrogen (secondary N) is 1. The molecular formula is C18H25FN2O3. The molecule has 1 aliphatic rings. The molecule has 0 bridgehead atoms. The van der Waals surface area contributed by atoms with Gasteiger partial charge in [0.05, 0.1) is 18.6 Å². The predicted molar refractivity (Wildman–Crippen MR) is 88.6 cm³/mol. The molecule has 1 heterocycles. The Hall–Kier alpha value is -1.95. The van der Waals surface area contributed by atoms with Gasteiger partial charge in [0.1, 0.15) is 5.82 Å². The Labute approximate surface area is 142 Å². The Morgan fingerprint density at radius 1 is 1.33 bits per heavy atom. The largest absolute Gasteiger partial charge is 0.466 e. The van der Waals surface area contributed by atoms with Crippen molar-refractivity contribution in [1.29, 1.82) is 0 Å². The average molecular weight is 336 g/mol. The summed E-state index contributed by atoms with van der Waals surface area (Å²) in [6.45, 7) is 5.56. The van der Waals surface area contributed by atoms with Gasteiger partial charge in [-0.3, -0.25) is 14.5 Å². The van der Waals surface area contributed by atoms with E-state index in [2.05, 4.69) is 5.32 Å². The third-order valence-electron chi connectivity index (χ3n) is 4.49. The molecule has 132 valence electrons. The number of halogens is 1. The zero-order valence-corrected chi connectivity index (χ0v) is 14.3. The van der Waals surface area contributed by atoms with E-state index in [0.717, 1.165) is 0 Å². The van der Waals surface area contributed by atoms with Crippen molar-refractivity contribution < 1.29 is 18.7 Å². The summed E-state index contributed by atoms with van der Waals surface area (Å²) in [7, 11) is 0. The van der Waals surface area contributed by atoms with Crippen LogP contribution in [0.15, 0.2) is 24.3 Å². The minimum Gasteiger partial charge on any atom is -0.466 e. The third kappa shape index (κ3) is 4.77. The summed E-state index contributed by atoms with van der Waals surface area (Å²) in [6.07, 6.45) is 1.40. The smallest absolute Gasteiger partial charge is 0.309 e. The Bertz CT molecular complexity index is 571. The van der Waals surface area contributed by atoms with Crippen LogP contribution in [0.25, 0.3) is 0 Å². The molecular weight excluding hydrogens is 311 g/mol. The number of benzene rings is 1. The van der Waals surface area contributed by atoms with Crippen molar-refractivity contribution in [1.82, 2.24) is 10.2 Å². The van der Waals surface area contributed by atoms with Crippen molar-refractivity contribution >= 4 is 11.9 Å². The minimum atomic E-state index is -0.319. The molecule has 0 aliphatic carbocycles. The molecule has 1 amide bonds. The van der Waals surface area contributed by atoms with Crippen LogP contribution >= 0.6 is 0 Å². The number of nitrogens with zero attached hydrogens (tertiary/aromatic N) is 1. The van der Waals surface area contributed by atoms with E-state index in [0.29, 0.717) is 38.1 Å². The van der Waals surface area contributed by atoms with Crippen LogP contribution in [0.1, 0.15) is 32.3 Å². The molecule has 0 aromatic heterocycles. The third-order valence-corrected chi connectivity index (χ3v) is 4.49. The maximum absolute atomic E-state index is 13.6. The van der Waals surface area contributed by atoms with Crippen LogP contribution in [-0.4, -0.2) is 42.5 Å². The molecule has 0 saturated carbocycles. The van der Waals surface area contributed by atoms with Crippen LogP contribution in [0.3, 0.4) is 0 Å². The molecule has 6 heteroatoms. The second kappa shape index (κ2) is 8.78. The summed E-state index contributed by atoms with van der Waals surface area (Å²) in [5, 5.41) is 2.78. The summed E-state index contributed by atoms with van der Waals surface area (Å²) in [5.41, 5.74) is 0.471. The number of likely N-dealkylation sites (tertiary alicyclic amines) is 1. The maximum atomic E-state index is 13.6. The number of amides is 1. The van der Waals surface area contributed by atoms with Gasteiger partial charge in [-0.05, 0) is 45.8 Å². The van der Waals surface area contributed by atoms with E-state index in [-0.39, 0.29) is 36.2 Å². The fourth-order valence-electron chi connectivity index (χ4n) is 2.92. The standard InChI is InChI=1S/C18H25FN2O3/c1-3-24-18(23)14-8-10-21(11-9-14)13(2)17(22)20-12-15-6-4-5-7-16(15)19/h4-7,13-14H,3,8-12H2,1-2H3,(H,20,22). The number of rotatable bonds is 6. The molecule has 2 rings (SSSR count). The van der Waals surface area contributed by atoms with Gasteiger partial charge in [0.15, 0.2) is 0 Å². The highest BCUT2D eigenvalue weighted by Gasteiger charge is 2.30. The number of carbonyl (C=O) groups is 2. The molecule has 1 aromatic rings. The minimum absolute atomic E-state index is 0.0742. The molecule has 1 aromatic carbocycles. The lowest BCUT2D eigenvalue weighted by molar-refractivity contribution is -0.149. The lowest BCUT2D eigenvalue weighted by Gasteiger charge is -2.34. The predicted octanol–water partition coefficient (Wildman–Crippen LogP) is 2.11. The highest BCUT2D eigenvalue weighted by atomic mass is 19.1. The van der Waals surface area contributed by atoms with E-state index >= 15 is 0 Å². The molecule has 0 radical (unpaired) electrons. The first-order chi connectivity index (χ1) is 11.5. The van der Waals surface area contributed by atoms with Gasteiger partial charge in [-0.15, -0.1) is 0 Å². The Morgan fingerprint density at radius 2 is 2.00 bits per heavy atom. The van der Waals surface area contributed by atoms with Crippen molar-refractivity contribution in [3.05, 3.63) is 35.6 Å². The van der Waals surface area contributed by atoms with Crippen LogP contribution in [-0.2, 0) is 20.9 Å². The van der Waals surface area contributed by atoms with Gasteiger partial charge in [-0.25, -0.2) is 4.39 Å². The maximum Gasteiger partial charge on any atom is 0.309 e. The van der Waals surface area contributed by atoms with E-state index < -0.39 is 0 Å². The summed E-state index contributed by atoms with van der Waals surface area (Å²) in [5.74, 6) is -0.669. The first kappa shape index (κ1) is 18.4. The number of hydrogen-bond acceptors (Lipinski definition) is 4. The Balaban J connectivity index is 1.80. The quantitative estimate of drug-likeness (QED) is 0.809. The van der Waals surface area contributed by atoms with Gasteiger partial charge >= 0.3 is 5.97 Å². The highest BCUT2D eigenvalue weighted by Crippen LogP contribution is 2.20. The van der Waals surface area contributed by atoms with Crippen molar-refractivity contribution in [2.24, 2.45) is 5.92 Å². The average Bonchev–Trinajstić information content (AvgIpc) is 2.60. The van der Waals surface area contributed by atoms with Crippen LogP contribution in [0.4, 0.5) is 4.39 Å².